The zero-order valence-electron chi connectivity index (χ0n) is 9.61. The number of nitrogens with zero attached hydrogens (tertiary/aromatic N) is 1. The highest BCUT2D eigenvalue weighted by Gasteiger charge is 2.05. The molecule has 0 aliphatic carbocycles. The molecule has 0 spiro atoms. The van der Waals surface area contributed by atoms with Gasteiger partial charge in [0.2, 0.25) is 0 Å². The van der Waals surface area contributed by atoms with Crippen molar-refractivity contribution < 1.29 is 0 Å². The monoisotopic (exact) mass is 269 g/mol. The summed E-state index contributed by atoms with van der Waals surface area (Å²) in [5.74, 6) is 0. The van der Waals surface area contributed by atoms with E-state index in [0.717, 1.165) is 5.03 Å². The van der Waals surface area contributed by atoms with E-state index in [1.807, 2.05) is 24.3 Å². The molecule has 3 rings (SSSR count). The second-order valence-electron chi connectivity index (χ2n) is 3.81. The molecule has 1 nitrogen and oxygen atoms in total. The standard InChI is InChI=1S/C15H11NS2/c1-3-7-12(8-4-1)14-11-15(16-18-14)17-13-9-5-2-6-10-13/h1-11H. The Morgan fingerprint density at radius 2 is 1.50 bits per heavy atom. The van der Waals surface area contributed by atoms with Gasteiger partial charge < -0.3 is 0 Å². The summed E-state index contributed by atoms with van der Waals surface area (Å²) in [6, 6.07) is 22.9. The van der Waals surface area contributed by atoms with Crippen molar-refractivity contribution in [3.8, 4) is 10.4 Å². The van der Waals surface area contributed by atoms with Gasteiger partial charge in [0, 0.05) is 4.90 Å². The molecular formula is C15H11NS2. The normalized spacial score (nSPS) is 10.4. The zero-order valence-corrected chi connectivity index (χ0v) is 11.2. The van der Waals surface area contributed by atoms with Gasteiger partial charge in [-0.3, -0.25) is 0 Å². The van der Waals surface area contributed by atoms with Crippen molar-refractivity contribution >= 4 is 23.3 Å². The zero-order chi connectivity index (χ0) is 12.2. The molecule has 0 saturated carbocycles. The molecule has 0 fully saturated rings. The van der Waals surface area contributed by atoms with Crippen LogP contribution in [0.4, 0.5) is 0 Å². The average molecular weight is 269 g/mol. The number of aromatic nitrogens is 1. The van der Waals surface area contributed by atoms with Gasteiger partial charge in [0.25, 0.3) is 0 Å². The van der Waals surface area contributed by atoms with Crippen molar-refractivity contribution in [2.45, 2.75) is 9.92 Å². The van der Waals surface area contributed by atoms with E-state index in [9.17, 15) is 0 Å². The highest BCUT2D eigenvalue weighted by molar-refractivity contribution is 7.99. The molecule has 0 radical (unpaired) electrons. The van der Waals surface area contributed by atoms with Crippen LogP contribution in [-0.2, 0) is 0 Å². The fourth-order valence-electron chi connectivity index (χ4n) is 1.65. The Kier molecular flexibility index (Phi) is 3.44. The molecule has 3 aromatic rings. The minimum atomic E-state index is 1.06. The van der Waals surface area contributed by atoms with Gasteiger partial charge in [-0.05, 0) is 35.3 Å². The molecule has 3 heteroatoms. The highest BCUT2D eigenvalue weighted by Crippen LogP contribution is 2.32. The van der Waals surface area contributed by atoms with Gasteiger partial charge in [0.1, 0.15) is 5.03 Å². The largest absolute Gasteiger partial charge is 0.185 e. The fraction of sp³-hybridized carbons (Fsp3) is 0. The summed E-state index contributed by atoms with van der Waals surface area (Å²) in [5.41, 5.74) is 1.23. The summed E-state index contributed by atoms with van der Waals surface area (Å²) in [7, 11) is 0. The van der Waals surface area contributed by atoms with Crippen LogP contribution >= 0.6 is 23.3 Å². The molecule has 0 saturated heterocycles. The first-order valence-electron chi connectivity index (χ1n) is 5.67. The molecule has 0 aliphatic rings. The third-order valence-electron chi connectivity index (χ3n) is 2.51. The first kappa shape index (κ1) is 11.5. The van der Waals surface area contributed by atoms with Gasteiger partial charge in [-0.2, -0.15) is 4.37 Å². The van der Waals surface area contributed by atoms with Crippen LogP contribution < -0.4 is 0 Å². The van der Waals surface area contributed by atoms with E-state index in [1.54, 1.807) is 23.3 Å². The first-order valence-corrected chi connectivity index (χ1v) is 7.26. The summed E-state index contributed by atoms with van der Waals surface area (Å²) in [6.45, 7) is 0. The second kappa shape index (κ2) is 5.38. The Morgan fingerprint density at radius 3 is 2.22 bits per heavy atom. The number of rotatable bonds is 3. The maximum absolute atomic E-state index is 4.49. The van der Waals surface area contributed by atoms with Gasteiger partial charge in [-0.15, -0.1) is 0 Å². The summed E-state index contributed by atoms with van der Waals surface area (Å²) in [4.78, 5) is 2.44. The van der Waals surface area contributed by atoms with E-state index in [-0.39, 0.29) is 0 Å². The maximum Gasteiger partial charge on any atom is 0.115 e. The molecule has 0 aliphatic heterocycles. The lowest BCUT2D eigenvalue weighted by Crippen LogP contribution is -1.71. The van der Waals surface area contributed by atoms with E-state index in [0.29, 0.717) is 0 Å². The fourth-order valence-corrected chi connectivity index (χ4v) is 3.35. The molecule has 2 aromatic carbocycles. The van der Waals surface area contributed by atoms with Crippen molar-refractivity contribution in [3.05, 3.63) is 66.7 Å². The number of benzene rings is 2. The Morgan fingerprint density at radius 1 is 0.833 bits per heavy atom. The van der Waals surface area contributed by atoms with Crippen LogP contribution in [0.2, 0.25) is 0 Å². The van der Waals surface area contributed by atoms with E-state index in [1.165, 1.54) is 15.3 Å². The maximum atomic E-state index is 4.49. The van der Waals surface area contributed by atoms with Crippen LogP contribution in [0.15, 0.2) is 76.7 Å². The van der Waals surface area contributed by atoms with Crippen molar-refractivity contribution in [1.29, 1.82) is 0 Å². The highest BCUT2D eigenvalue weighted by atomic mass is 32.2. The lowest BCUT2D eigenvalue weighted by Gasteiger charge is -1.95. The Bertz CT molecular complexity index is 617. The van der Waals surface area contributed by atoms with Crippen molar-refractivity contribution in [3.63, 3.8) is 0 Å². The molecule has 0 bridgehead atoms. The minimum absolute atomic E-state index is 1.06. The number of hydrogen-bond donors (Lipinski definition) is 0. The predicted molar refractivity (Wildman–Crippen MR) is 78.1 cm³/mol. The molecule has 0 amide bonds. The quantitative estimate of drug-likeness (QED) is 0.666. The number of hydrogen-bond acceptors (Lipinski definition) is 3. The average Bonchev–Trinajstić information content (AvgIpc) is 2.89. The summed E-state index contributed by atoms with van der Waals surface area (Å²) < 4.78 is 4.49. The van der Waals surface area contributed by atoms with E-state index < -0.39 is 0 Å². The summed E-state index contributed by atoms with van der Waals surface area (Å²) in [5, 5.41) is 1.06. The summed E-state index contributed by atoms with van der Waals surface area (Å²) >= 11 is 3.25. The summed E-state index contributed by atoms with van der Waals surface area (Å²) in [6.07, 6.45) is 0. The topological polar surface area (TPSA) is 12.9 Å². The van der Waals surface area contributed by atoms with Crippen LogP contribution in [0.5, 0.6) is 0 Å². The van der Waals surface area contributed by atoms with Gasteiger partial charge >= 0.3 is 0 Å². The van der Waals surface area contributed by atoms with Crippen molar-refractivity contribution in [2.75, 3.05) is 0 Å². The van der Waals surface area contributed by atoms with E-state index in [2.05, 4.69) is 46.8 Å². The van der Waals surface area contributed by atoms with Crippen LogP contribution in [0.1, 0.15) is 0 Å². The van der Waals surface area contributed by atoms with Crippen LogP contribution in [0.25, 0.3) is 10.4 Å². The molecule has 1 heterocycles. The first-order chi connectivity index (χ1) is 8.92. The Balaban J connectivity index is 1.82. The third kappa shape index (κ3) is 2.63. The van der Waals surface area contributed by atoms with Gasteiger partial charge in [0.05, 0.1) is 4.88 Å². The molecule has 88 valence electrons. The molecular weight excluding hydrogens is 258 g/mol. The molecule has 1 aromatic heterocycles. The van der Waals surface area contributed by atoms with Gasteiger partial charge in [0.15, 0.2) is 0 Å². The van der Waals surface area contributed by atoms with E-state index >= 15 is 0 Å². The lowest BCUT2D eigenvalue weighted by molar-refractivity contribution is 1.28. The van der Waals surface area contributed by atoms with Crippen LogP contribution in [0.3, 0.4) is 0 Å². The predicted octanol–water partition coefficient (Wildman–Crippen LogP) is 4.96. The smallest absolute Gasteiger partial charge is 0.115 e. The molecule has 18 heavy (non-hydrogen) atoms. The van der Waals surface area contributed by atoms with Crippen molar-refractivity contribution in [1.82, 2.24) is 4.37 Å². The molecule has 0 atom stereocenters. The van der Waals surface area contributed by atoms with Gasteiger partial charge in [-0.25, -0.2) is 0 Å². The molecule has 0 N–H and O–H groups in total. The second-order valence-corrected chi connectivity index (χ2v) is 5.71. The van der Waals surface area contributed by atoms with Gasteiger partial charge in [-0.1, -0.05) is 60.3 Å². The van der Waals surface area contributed by atoms with E-state index in [4.69, 9.17) is 0 Å². The third-order valence-corrected chi connectivity index (χ3v) is 4.39. The van der Waals surface area contributed by atoms with Crippen LogP contribution in [0, 0.1) is 0 Å². The van der Waals surface area contributed by atoms with Crippen molar-refractivity contribution in [2.24, 2.45) is 0 Å². The Labute approximate surface area is 115 Å². The van der Waals surface area contributed by atoms with Crippen LogP contribution in [-0.4, -0.2) is 4.37 Å². The SMILES string of the molecule is c1ccc(Sc2cc(-c3ccccc3)sn2)cc1. The minimum Gasteiger partial charge on any atom is -0.185 e. The molecule has 0 unspecified atom stereocenters. The Hall–Kier alpha value is -1.58. The lowest BCUT2D eigenvalue weighted by atomic mass is 10.2.